The van der Waals surface area contributed by atoms with Gasteiger partial charge in [0.15, 0.2) is 6.23 Å². The lowest BCUT2D eigenvalue weighted by atomic mass is 10.1. The van der Waals surface area contributed by atoms with Gasteiger partial charge in [-0.15, -0.1) is 0 Å². The van der Waals surface area contributed by atoms with Crippen molar-refractivity contribution in [3.63, 3.8) is 0 Å². The zero-order valence-electron chi connectivity index (χ0n) is 12.3. The van der Waals surface area contributed by atoms with E-state index in [1.54, 1.807) is 0 Å². The van der Waals surface area contributed by atoms with Crippen LogP contribution in [0.4, 0.5) is 0 Å². The minimum atomic E-state index is -0.870. The van der Waals surface area contributed by atoms with Crippen LogP contribution in [-0.4, -0.2) is 52.7 Å². The van der Waals surface area contributed by atoms with Gasteiger partial charge in [0, 0.05) is 32.0 Å². The van der Waals surface area contributed by atoms with Gasteiger partial charge in [-0.3, -0.25) is 14.3 Å². The number of ether oxygens (including phenoxy) is 2. The van der Waals surface area contributed by atoms with E-state index >= 15 is 0 Å². The first-order chi connectivity index (χ1) is 9.93. The molecule has 0 amide bonds. The number of aliphatic hydroxyl groups is 1. The van der Waals surface area contributed by atoms with Gasteiger partial charge in [-0.25, -0.2) is 4.79 Å². The Morgan fingerprint density at radius 3 is 2.81 bits per heavy atom. The largest absolute Gasteiger partial charge is 0.387 e. The van der Waals surface area contributed by atoms with Crippen molar-refractivity contribution < 1.29 is 14.6 Å². The van der Waals surface area contributed by atoms with Gasteiger partial charge in [-0.05, 0) is 0 Å². The second-order valence-corrected chi connectivity index (χ2v) is 5.34. The maximum absolute atomic E-state index is 11.8. The Morgan fingerprint density at radius 2 is 2.24 bits per heavy atom. The highest BCUT2D eigenvalue weighted by molar-refractivity contribution is 4.94. The van der Waals surface area contributed by atoms with Crippen molar-refractivity contribution in [2.45, 2.75) is 44.4 Å². The zero-order chi connectivity index (χ0) is 15.6. The average Bonchev–Trinajstić information content (AvgIpc) is 2.72. The molecule has 0 saturated carbocycles. The minimum Gasteiger partial charge on any atom is -0.387 e. The monoisotopic (exact) mass is 299 g/mol. The van der Waals surface area contributed by atoms with E-state index in [1.165, 1.54) is 23.9 Å². The molecule has 3 N–H and O–H groups in total. The molecule has 8 heteroatoms. The highest BCUT2D eigenvalue weighted by atomic mass is 16.6. The molecule has 1 aromatic heterocycles. The molecule has 118 valence electrons. The van der Waals surface area contributed by atoms with Gasteiger partial charge < -0.3 is 19.9 Å². The maximum atomic E-state index is 11.8. The van der Waals surface area contributed by atoms with Gasteiger partial charge in [-0.2, -0.15) is 0 Å². The third-order valence-corrected chi connectivity index (χ3v) is 3.44. The second kappa shape index (κ2) is 6.52. The lowest BCUT2D eigenvalue weighted by Gasteiger charge is -2.19. The Hall–Kier alpha value is -1.48. The van der Waals surface area contributed by atoms with Crippen molar-refractivity contribution in [1.29, 1.82) is 0 Å². The van der Waals surface area contributed by atoms with Crippen molar-refractivity contribution in [1.82, 2.24) is 14.9 Å². The molecule has 2 rings (SSSR count). The van der Waals surface area contributed by atoms with Gasteiger partial charge in [0.1, 0.15) is 18.3 Å². The number of rotatable bonds is 5. The average molecular weight is 299 g/mol. The van der Waals surface area contributed by atoms with E-state index in [1.807, 2.05) is 13.8 Å². The van der Waals surface area contributed by atoms with Crippen LogP contribution >= 0.6 is 0 Å². The molecule has 2 heterocycles. The summed E-state index contributed by atoms with van der Waals surface area (Å²) in [4.78, 5) is 25.1. The molecule has 1 fully saturated rings. The van der Waals surface area contributed by atoms with Crippen LogP contribution < -0.4 is 16.6 Å². The number of nitrogens with one attached hydrogen (secondary N) is 2. The first-order valence-corrected chi connectivity index (χ1v) is 6.85. The molecule has 2 unspecified atom stereocenters. The summed E-state index contributed by atoms with van der Waals surface area (Å²) in [5, 5.41) is 13.4. The number of aromatic nitrogens is 2. The van der Waals surface area contributed by atoms with Gasteiger partial charge in [0.25, 0.3) is 5.56 Å². The van der Waals surface area contributed by atoms with E-state index in [4.69, 9.17) is 9.47 Å². The second-order valence-electron chi connectivity index (χ2n) is 5.34. The number of methoxy groups -OCH3 is 1. The third kappa shape index (κ3) is 3.41. The first-order valence-electron chi connectivity index (χ1n) is 6.85. The molecular weight excluding hydrogens is 278 g/mol. The molecule has 1 aliphatic heterocycles. The number of hydrogen-bond acceptors (Lipinski definition) is 6. The van der Waals surface area contributed by atoms with Crippen molar-refractivity contribution in [3.8, 4) is 0 Å². The van der Waals surface area contributed by atoms with Crippen LogP contribution in [0.2, 0.25) is 0 Å². The van der Waals surface area contributed by atoms with Crippen LogP contribution in [0, 0.1) is 0 Å². The van der Waals surface area contributed by atoms with E-state index in [2.05, 4.69) is 10.3 Å². The Kier molecular flexibility index (Phi) is 4.94. The van der Waals surface area contributed by atoms with Gasteiger partial charge in [-0.1, -0.05) is 13.8 Å². The summed E-state index contributed by atoms with van der Waals surface area (Å²) in [6, 6.07) is 1.47. The normalized spacial score (nSPS) is 29.2. The fraction of sp³-hybridized carbons (Fsp3) is 0.692. The molecule has 21 heavy (non-hydrogen) atoms. The van der Waals surface area contributed by atoms with Crippen LogP contribution in [0.3, 0.4) is 0 Å². The molecule has 8 nitrogen and oxygen atoms in total. The number of aromatic amines is 1. The van der Waals surface area contributed by atoms with E-state index in [-0.39, 0.29) is 6.04 Å². The van der Waals surface area contributed by atoms with Crippen LogP contribution in [-0.2, 0) is 9.47 Å². The highest BCUT2D eigenvalue weighted by Crippen LogP contribution is 2.30. The van der Waals surface area contributed by atoms with E-state index in [9.17, 15) is 14.7 Å². The molecule has 1 aliphatic rings. The number of hydrogen-bond donors (Lipinski definition) is 3. The smallest absolute Gasteiger partial charge is 0.330 e. The summed E-state index contributed by atoms with van der Waals surface area (Å²) in [5.41, 5.74) is -1.08. The summed E-state index contributed by atoms with van der Waals surface area (Å²) in [5.74, 6) is 0. The van der Waals surface area contributed by atoms with Crippen LogP contribution in [0.5, 0.6) is 0 Å². The molecule has 0 radical (unpaired) electrons. The molecule has 4 atom stereocenters. The Morgan fingerprint density at radius 1 is 1.52 bits per heavy atom. The molecule has 0 spiro atoms. The van der Waals surface area contributed by atoms with Crippen LogP contribution in [0.1, 0.15) is 20.1 Å². The number of aliphatic hydroxyl groups excluding tert-OH is 1. The van der Waals surface area contributed by atoms with Gasteiger partial charge in [0.05, 0.1) is 0 Å². The zero-order valence-corrected chi connectivity index (χ0v) is 12.3. The Balaban J connectivity index is 2.22. The highest BCUT2D eigenvalue weighted by Gasteiger charge is 2.45. The fourth-order valence-electron chi connectivity index (χ4n) is 2.35. The predicted molar refractivity (Wildman–Crippen MR) is 75.2 cm³/mol. The number of H-pyrrole nitrogens is 1. The lowest BCUT2D eigenvalue weighted by Crippen LogP contribution is -2.41. The lowest BCUT2D eigenvalue weighted by molar-refractivity contribution is -0.0537. The molecule has 1 aromatic rings. The summed E-state index contributed by atoms with van der Waals surface area (Å²) < 4.78 is 12.2. The molecule has 1 saturated heterocycles. The SMILES string of the molecule is COC1[C@@H](O)C(CNC(C)C)O[C@H]1n1ccc(=O)[nH]c1=O. The summed E-state index contributed by atoms with van der Waals surface area (Å²) in [6.07, 6.45) is -1.50. The molecule has 0 aromatic carbocycles. The Labute approximate surface area is 121 Å². The van der Waals surface area contributed by atoms with E-state index in [0.717, 1.165) is 0 Å². The van der Waals surface area contributed by atoms with Crippen molar-refractivity contribution in [3.05, 3.63) is 33.1 Å². The fourth-order valence-corrected chi connectivity index (χ4v) is 2.35. The van der Waals surface area contributed by atoms with Crippen LogP contribution in [0.15, 0.2) is 21.9 Å². The minimum absolute atomic E-state index is 0.247. The summed E-state index contributed by atoms with van der Waals surface area (Å²) in [6.45, 7) is 4.41. The maximum Gasteiger partial charge on any atom is 0.330 e. The Bertz CT molecular complexity index is 582. The predicted octanol–water partition coefficient (Wildman–Crippen LogP) is -1.19. The number of nitrogens with zero attached hydrogens (tertiary/aromatic N) is 1. The summed E-state index contributed by atoms with van der Waals surface area (Å²) in [7, 11) is 1.44. The topological polar surface area (TPSA) is 106 Å². The van der Waals surface area contributed by atoms with E-state index < -0.39 is 35.8 Å². The molecule has 0 aliphatic carbocycles. The van der Waals surface area contributed by atoms with Crippen molar-refractivity contribution in [2.75, 3.05) is 13.7 Å². The van der Waals surface area contributed by atoms with Gasteiger partial charge in [0.2, 0.25) is 0 Å². The third-order valence-electron chi connectivity index (χ3n) is 3.44. The molecule has 0 bridgehead atoms. The van der Waals surface area contributed by atoms with Gasteiger partial charge >= 0.3 is 5.69 Å². The van der Waals surface area contributed by atoms with Crippen molar-refractivity contribution >= 4 is 0 Å². The van der Waals surface area contributed by atoms with Crippen molar-refractivity contribution in [2.24, 2.45) is 0 Å². The quantitative estimate of drug-likeness (QED) is 0.631. The standard InChI is InChI=1S/C13H21N3O5/c1-7(2)14-6-8-10(18)11(20-3)12(21-8)16-5-4-9(17)15-13(16)19/h4-5,7-8,10-12,14,18H,6H2,1-3H3,(H,15,17,19)/t8?,10-,11?,12+/m0/s1. The van der Waals surface area contributed by atoms with E-state index in [0.29, 0.717) is 6.54 Å². The summed E-state index contributed by atoms with van der Waals surface area (Å²) >= 11 is 0. The molecular formula is C13H21N3O5. The first kappa shape index (κ1) is 15.9. The van der Waals surface area contributed by atoms with Crippen LogP contribution in [0.25, 0.3) is 0 Å².